The summed E-state index contributed by atoms with van der Waals surface area (Å²) in [5.74, 6) is 0. The first-order chi connectivity index (χ1) is 8.22. The average Bonchev–Trinajstić information content (AvgIpc) is 2.63. The Balaban J connectivity index is 2.41. The molecule has 3 rings (SSSR count). The molecule has 1 N–H and O–H groups in total. The number of benzene rings is 1. The van der Waals surface area contributed by atoms with E-state index in [2.05, 4.69) is 9.72 Å². The van der Waals surface area contributed by atoms with Crippen LogP contribution in [0.15, 0.2) is 23.4 Å². The fraction of sp³-hybridized carbons (Fsp3) is 0.308. The summed E-state index contributed by atoms with van der Waals surface area (Å²) in [5.41, 5.74) is 4.23. The van der Waals surface area contributed by atoms with Gasteiger partial charge in [-0.15, -0.1) is 0 Å². The monoisotopic (exact) mass is 248 g/mol. The Hall–Kier alpha value is -1.48. The van der Waals surface area contributed by atoms with E-state index in [1.54, 1.807) is 0 Å². The Bertz CT molecular complexity index is 628. The number of rotatable bonds is 0. The van der Waals surface area contributed by atoms with Crippen LogP contribution in [0.3, 0.4) is 0 Å². The first-order valence-electron chi connectivity index (χ1n) is 5.70. The number of aromatic nitrogens is 1. The maximum Gasteiger partial charge on any atom is 0.103 e. The van der Waals surface area contributed by atoms with Crippen LogP contribution in [0.1, 0.15) is 24.1 Å². The van der Waals surface area contributed by atoms with Crippen molar-refractivity contribution in [2.24, 2.45) is 12.2 Å². The van der Waals surface area contributed by atoms with Crippen molar-refractivity contribution in [3.63, 3.8) is 0 Å². The molecule has 0 saturated heterocycles. The van der Waals surface area contributed by atoms with E-state index in [4.69, 9.17) is 16.8 Å². The van der Waals surface area contributed by atoms with Crippen LogP contribution >= 0.6 is 11.6 Å². The maximum atomic E-state index is 9.09. The van der Waals surface area contributed by atoms with Gasteiger partial charge in [0, 0.05) is 23.0 Å². The molecule has 88 valence electrons. The lowest BCUT2D eigenvalue weighted by Gasteiger charge is -2.14. The van der Waals surface area contributed by atoms with Gasteiger partial charge in [-0.05, 0) is 43.0 Å². The van der Waals surface area contributed by atoms with Crippen molar-refractivity contribution in [1.29, 1.82) is 0 Å². The number of aryl methyl sites for hydroxylation is 2. The molecule has 0 atom stereocenters. The second-order valence-electron chi connectivity index (χ2n) is 4.45. The zero-order chi connectivity index (χ0) is 12.0. The number of hydrogen-bond acceptors (Lipinski definition) is 2. The highest BCUT2D eigenvalue weighted by Crippen LogP contribution is 2.33. The number of nitrogens with zero attached hydrogens (tertiary/aromatic N) is 2. The summed E-state index contributed by atoms with van der Waals surface area (Å²) in [6.07, 6.45) is 2.88. The molecular formula is C13H13ClN2O. The van der Waals surface area contributed by atoms with Crippen molar-refractivity contribution in [3.05, 3.63) is 34.5 Å². The molecule has 0 saturated carbocycles. The van der Waals surface area contributed by atoms with E-state index in [9.17, 15) is 0 Å². The minimum absolute atomic E-state index is 0.749. The third-order valence-electron chi connectivity index (χ3n) is 3.50. The van der Waals surface area contributed by atoms with Crippen LogP contribution in [0.4, 0.5) is 0 Å². The summed E-state index contributed by atoms with van der Waals surface area (Å²) >= 11 is 6.05. The highest BCUT2D eigenvalue weighted by Gasteiger charge is 2.23. The highest BCUT2D eigenvalue weighted by molar-refractivity contribution is 6.31. The molecular weight excluding hydrogens is 236 g/mol. The van der Waals surface area contributed by atoms with Crippen molar-refractivity contribution in [1.82, 2.24) is 4.57 Å². The Kier molecular flexibility index (Phi) is 2.37. The van der Waals surface area contributed by atoms with Gasteiger partial charge < -0.3 is 9.77 Å². The van der Waals surface area contributed by atoms with E-state index in [0.717, 1.165) is 41.2 Å². The molecule has 0 radical (unpaired) electrons. The Morgan fingerprint density at radius 2 is 2.18 bits per heavy atom. The summed E-state index contributed by atoms with van der Waals surface area (Å²) < 4.78 is 2.09. The molecule has 1 aliphatic carbocycles. The number of hydrogen-bond donors (Lipinski definition) is 1. The first-order valence-corrected chi connectivity index (χ1v) is 6.08. The van der Waals surface area contributed by atoms with Gasteiger partial charge in [0.25, 0.3) is 0 Å². The van der Waals surface area contributed by atoms with Gasteiger partial charge in [-0.25, -0.2) is 0 Å². The normalized spacial score (nSPS) is 17.6. The quantitative estimate of drug-likeness (QED) is 0.564. The Morgan fingerprint density at radius 3 is 2.94 bits per heavy atom. The second kappa shape index (κ2) is 3.77. The van der Waals surface area contributed by atoms with E-state index >= 15 is 0 Å². The SMILES string of the molecule is Cn1c2c(c3cc(Cl)ccc31)CCCC2=NO. The summed E-state index contributed by atoms with van der Waals surface area (Å²) in [4.78, 5) is 0. The van der Waals surface area contributed by atoms with Crippen molar-refractivity contribution in [3.8, 4) is 0 Å². The van der Waals surface area contributed by atoms with E-state index in [-0.39, 0.29) is 0 Å². The fourth-order valence-electron chi connectivity index (χ4n) is 2.76. The largest absolute Gasteiger partial charge is 0.411 e. The lowest BCUT2D eigenvalue weighted by Crippen LogP contribution is -2.14. The molecule has 0 spiro atoms. The van der Waals surface area contributed by atoms with Gasteiger partial charge in [0.05, 0.1) is 5.69 Å². The Morgan fingerprint density at radius 1 is 1.35 bits per heavy atom. The van der Waals surface area contributed by atoms with Crippen LogP contribution < -0.4 is 0 Å². The van der Waals surface area contributed by atoms with Crippen molar-refractivity contribution >= 4 is 28.2 Å². The minimum atomic E-state index is 0.749. The predicted molar refractivity (Wildman–Crippen MR) is 69.2 cm³/mol. The Labute approximate surface area is 104 Å². The van der Waals surface area contributed by atoms with Crippen LogP contribution in [0.2, 0.25) is 5.02 Å². The number of oxime groups is 1. The molecule has 0 aliphatic heterocycles. The lowest BCUT2D eigenvalue weighted by atomic mass is 9.94. The number of halogens is 1. The number of fused-ring (bicyclic) bond motifs is 3. The topological polar surface area (TPSA) is 37.5 Å². The predicted octanol–water partition coefficient (Wildman–Crippen LogP) is 3.35. The summed E-state index contributed by atoms with van der Waals surface area (Å²) in [7, 11) is 2.01. The van der Waals surface area contributed by atoms with Gasteiger partial charge in [0.15, 0.2) is 0 Å². The molecule has 0 fully saturated rings. The molecule has 1 aliphatic rings. The molecule has 1 aromatic heterocycles. The van der Waals surface area contributed by atoms with Gasteiger partial charge >= 0.3 is 0 Å². The molecule has 2 aromatic rings. The first kappa shape index (κ1) is 10.7. The van der Waals surface area contributed by atoms with Crippen LogP contribution in [0.5, 0.6) is 0 Å². The van der Waals surface area contributed by atoms with Gasteiger partial charge in [-0.1, -0.05) is 16.8 Å². The van der Waals surface area contributed by atoms with Crippen LogP contribution in [-0.4, -0.2) is 15.5 Å². The summed E-state index contributed by atoms with van der Waals surface area (Å²) in [6, 6.07) is 5.91. The lowest BCUT2D eigenvalue weighted by molar-refractivity contribution is 0.317. The second-order valence-corrected chi connectivity index (χ2v) is 4.88. The van der Waals surface area contributed by atoms with E-state index in [1.807, 2.05) is 25.2 Å². The smallest absolute Gasteiger partial charge is 0.103 e. The molecule has 0 unspecified atom stereocenters. The van der Waals surface area contributed by atoms with Crippen LogP contribution in [-0.2, 0) is 13.5 Å². The molecule has 17 heavy (non-hydrogen) atoms. The molecule has 4 heteroatoms. The maximum absolute atomic E-state index is 9.09. The van der Waals surface area contributed by atoms with E-state index in [0.29, 0.717) is 0 Å². The fourth-order valence-corrected chi connectivity index (χ4v) is 2.93. The summed E-state index contributed by atoms with van der Waals surface area (Å²) in [6.45, 7) is 0. The van der Waals surface area contributed by atoms with E-state index < -0.39 is 0 Å². The third-order valence-corrected chi connectivity index (χ3v) is 3.74. The van der Waals surface area contributed by atoms with Gasteiger partial charge in [-0.3, -0.25) is 0 Å². The van der Waals surface area contributed by atoms with Crippen LogP contribution in [0, 0.1) is 0 Å². The molecule has 1 aromatic carbocycles. The van der Waals surface area contributed by atoms with Crippen molar-refractivity contribution in [2.75, 3.05) is 0 Å². The molecule has 1 heterocycles. The molecule has 0 amide bonds. The molecule has 0 bridgehead atoms. The highest BCUT2D eigenvalue weighted by atomic mass is 35.5. The molecule has 3 nitrogen and oxygen atoms in total. The van der Waals surface area contributed by atoms with E-state index in [1.165, 1.54) is 10.9 Å². The van der Waals surface area contributed by atoms with Gasteiger partial charge in [-0.2, -0.15) is 0 Å². The zero-order valence-electron chi connectivity index (χ0n) is 9.57. The third kappa shape index (κ3) is 1.46. The van der Waals surface area contributed by atoms with Crippen LogP contribution in [0.25, 0.3) is 10.9 Å². The minimum Gasteiger partial charge on any atom is -0.411 e. The van der Waals surface area contributed by atoms with Crippen molar-refractivity contribution < 1.29 is 5.21 Å². The van der Waals surface area contributed by atoms with Gasteiger partial charge in [0.1, 0.15) is 5.71 Å². The standard InChI is InChI=1S/C13H13ClN2O/c1-16-12-6-5-8(14)7-10(12)9-3-2-4-11(15-17)13(9)16/h5-7,17H,2-4H2,1H3. The zero-order valence-corrected chi connectivity index (χ0v) is 10.3. The summed E-state index contributed by atoms with van der Waals surface area (Å²) in [5, 5.41) is 14.4. The van der Waals surface area contributed by atoms with Crippen molar-refractivity contribution in [2.45, 2.75) is 19.3 Å². The average molecular weight is 249 g/mol. The van der Waals surface area contributed by atoms with Gasteiger partial charge in [0.2, 0.25) is 0 Å².